The highest BCUT2D eigenvalue weighted by atomic mass is 16.2. The number of likely N-dealkylation sites (N-methyl/N-ethyl adjacent to an activating group) is 1. The number of nitrogens with zero attached hydrogens (tertiary/aromatic N) is 2. The largest absolute Gasteiger partial charge is 0.354 e. The molecule has 0 saturated heterocycles. The Bertz CT molecular complexity index is 911. The van der Waals surface area contributed by atoms with Gasteiger partial charge >= 0.3 is 0 Å². The van der Waals surface area contributed by atoms with Crippen molar-refractivity contribution in [2.24, 2.45) is 5.92 Å². The predicted molar refractivity (Wildman–Crippen MR) is 239 cm³/mol. The maximum absolute atomic E-state index is 13.9. The molecule has 2 atom stereocenters. The van der Waals surface area contributed by atoms with Crippen LogP contribution in [-0.4, -0.2) is 61.4 Å². The van der Waals surface area contributed by atoms with Crippen molar-refractivity contribution in [1.29, 1.82) is 0 Å². The Morgan fingerprint density at radius 2 is 1.02 bits per heavy atom. The number of unbranched alkanes of at least 4 members (excludes halogenated alkanes) is 21. The van der Waals surface area contributed by atoms with Gasteiger partial charge in [0.05, 0.1) is 0 Å². The fourth-order valence-electron chi connectivity index (χ4n) is 7.42. The van der Waals surface area contributed by atoms with Gasteiger partial charge in [-0.05, 0) is 71.4 Å². The van der Waals surface area contributed by atoms with Crippen molar-refractivity contribution in [3.05, 3.63) is 36.5 Å². The van der Waals surface area contributed by atoms with Crippen LogP contribution in [0.2, 0.25) is 0 Å². The predicted octanol–water partition coefficient (Wildman–Crippen LogP) is 13.9. The lowest BCUT2D eigenvalue weighted by Gasteiger charge is -2.37. The van der Waals surface area contributed by atoms with Crippen LogP contribution in [0.25, 0.3) is 0 Å². The van der Waals surface area contributed by atoms with E-state index in [4.69, 9.17) is 0 Å². The first-order valence-corrected chi connectivity index (χ1v) is 23.6. The summed E-state index contributed by atoms with van der Waals surface area (Å²) < 4.78 is 0. The van der Waals surface area contributed by atoms with Gasteiger partial charge in [0, 0.05) is 26.1 Å². The second kappa shape index (κ2) is 40.8. The zero-order valence-corrected chi connectivity index (χ0v) is 37.2. The maximum atomic E-state index is 13.9. The van der Waals surface area contributed by atoms with E-state index in [1.54, 1.807) is 0 Å². The Hall–Kier alpha value is -1.88. The minimum atomic E-state index is -0.371. The van der Waals surface area contributed by atoms with Gasteiger partial charge in [0.25, 0.3) is 0 Å². The van der Waals surface area contributed by atoms with Gasteiger partial charge in [-0.2, -0.15) is 0 Å². The van der Waals surface area contributed by atoms with Crippen LogP contribution >= 0.6 is 0 Å². The van der Waals surface area contributed by atoms with Crippen LogP contribution < -0.4 is 5.32 Å². The summed E-state index contributed by atoms with van der Waals surface area (Å²) in [6.07, 6.45) is 49.6. The van der Waals surface area contributed by atoms with Gasteiger partial charge in [0.1, 0.15) is 6.04 Å². The minimum absolute atomic E-state index is 0.0721. The van der Waals surface area contributed by atoms with Crippen molar-refractivity contribution < 1.29 is 9.59 Å². The highest BCUT2D eigenvalue weighted by molar-refractivity contribution is 5.88. The van der Waals surface area contributed by atoms with Gasteiger partial charge in [-0.15, -0.1) is 0 Å². The molecule has 0 rings (SSSR count). The molecule has 0 heterocycles. The second-order valence-corrected chi connectivity index (χ2v) is 16.3. The topological polar surface area (TPSA) is 52.7 Å². The minimum Gasteiger partial charge on any atom is -0.354 e. The van der Waals surface area contributed by atoms with Gasteiger partial charge in [0.2, 0.25) is 11.8 Å². The number of hydrogen-bond donors (Lipinski definition) is 1. The maximum Gasteiger partial charge on any atom is 0.243 e. The van der Waals surface area contributed by atoms with Crippen LogP contribution in [-0.2, 0) is 9.59 Å². The molecule has 54 heavy (non-hydrogen) atoms. The van der Waals surface area contributed by atoms with Crippen molar-refractivity contribution in [3.8, 4) is 0 Å². The molecular formula is C49H93N3O2. The third-order valence-corrected chi connectivity index (χ3v) is 11.0. The van der Waals surface area contributed by atoms with Crippen LogP contribution in [0.4, 0.5) is 0 Å². The van der Waals surface area contributed by atoms with Gasteiger partial charge in [-0.25, -0.2) is 0 Å². The van der Waals surface area contributed by atoms with E-state index in [-0.39, 0.29) is 23.8 Å². The van der Waals surface area contributed by atoms with Gasteiger partial charge in [-0.1, -0.05) is 199 Å². The summed E-state index contributed by atoms with van der Waals surface area (Å²) in [6.45, 7) is 11.0. The number of carbonyl (C=O) groups is 2. The molecular weight excluding hydrogens is 663 g/mol. The molecule has 2 amide bonds. The monoisotopic (exact) mass is 756 g/mol. The van der Waals surface area contributed by atoms with Crippen molar-refractivity contribution in [1.82, 2.24) is 15.1 Å². The Morgan fingerprint density at radius 3 is 1.54 bits per heavy atom. The van der Waals surface area contributed by atoms with Crippen LogP contribution in [0.1, 0.15) is 220 Å². The lowest BCUT2D eigenvalue weighted by molar-refractivity contribution is -0.143. The lowest BCUT2D eigenvalue weighted by atomic mass is 9.89. The highest BCUT2D eigenvalue weighted by Gasteiger charge is 2.35. The smallest absolute Gasteiger partial charge is 0.243 e. The first-order chi connectivity index (χ1) is 26.4. The Balaban J connectivity index is 4.67. The summed E-state index contributed by atoms with van der Waals surface area (Å²) in [5.41, 5.74) is 0. The van der Waals surface area contributed by atoms with Gasteiger partial charge in [0.15, 0.2) is 0 Å². The number of nitrogens with one attached hydrogen (secondary N) is 1. The molecule has 0 aliphatic carbocycles. The van der Waals surface area contributed by atoms with E-state index in [1.807, 2.05) is 4.90 Å². The third-order valence-electron chi connectivity index (χ3n) is 11.0. The molecule has 5 nitrogen and oxygen atoms in total. The summed E-state index contributed by atoms with van der Waals surface area (Å²) in [5.74, 6) is 0.432. The molecule has 0 fully saturated rings. The molecule has 0 aliphatic rings. The molecule has 5 heteroatoms. The molecule has 0 saturated carbocycles. The van der Waals surface area contributed by atoms with Crippen molar-refractivity contribution >= 4 is 11.8 Å². The molecule has 0 radical (unpaired) electrons. The zero-order valence-electron chi connectivity index (χ0n) is 37.2. The van der Waals surface area contributed by atoms with Gasteiger partial charge < -0.3 is 15.1 Å². The first-order valence-electron chi connectivity index (χ1n) is 23.6. The molecule has 316 valence electrons. The van der Waals surface area contributed by atoms with Crippen LogP contribution in [0, 0.1) is 5.92 Å². The summed E-state index contributed by atoms with van der Waals surface area (Å²) in [4.78, 5) is 31.9. The fraction of sp³-hybridized carbons (Fsp3) is 0.837. The molecule has 0 aromatic carbocycles. The van der Waals surface area contributed by atoms with E-state index in [9.17, 15) is 9.59 Å². The number of amides is 2. The summed E-state index contributed by atoms with van der Waals surface area (Å²) in [7, 11) is 4.11. The van der Waals surface area contributed by atoms with Crippen molar-refractivity contribution in [2.75, 3.05) is 33.7 Å². The number of hydrogen-bond acceptors (Lipinski definition) is 3. The van der Waals surface area contributed by atoms with Crippen LogP contribution in [0.5, 0.6) is 0 Å². The van der Waals surface area contributed by atoms with Crippen LogP contribution in [0.15, 0.2) is 36.5 Å². The average Bonchev–Trinajstić information content (AvgIpc) is 3.16. The standard InChI is InChI=1S/C49H93N3O2/c1-7-11-14-16-18-20-22-24-26-28-30-32-34-36-38-40-43-50-49(54)48(46(10-4)41-13-9-3)52(45-44-51(5)6)47(53)42-39-37-35-33-31-29-27-25-23-21-19-17-15-12-8-2/h12,15,19,21,25,27,46,48H,7-11,13-14,16-18,20,22-24,26,28-45H2,1-6H3,(H,50,54)/b15-12-,21-19-,27-25-. The Morgan fingerprint density at radius 1 is 0.537 bits per heavy atom. The van der Waals surface area contributed by atoms with Crippen molar-refractivity contribution in [3.63, 3.8) is 0 Å². The molecule has 0 aromatic rings. The highest BCUT2D eigenvalue weighted by Crippen LogP contribution is 2.24. The van der Waals surface area contributed by atoms with Crippen LogP contribution in [0.3, 0.4) is 0 Å². The normalized spacial score (nSPS) is 13.2. The first kappa shape index (κ1) is 52.1. The number of allylic oxidation sites excluding steroid dienone is 6. The summed E-state index contributed by atoms with van der Waals surface area (Å²) in [6, 6.07) is -0.371. The molecule has 0 aromatic heterocycles. The second-order valence-electron chi connectivity index (χ2n) is 16.3. The Kier molecular flexibility index (Phi) is 39.4. The zero-order chi connectivity index (χ0) is 39.7. The van der Waals surface area contributed by atoms with E-state index < -0.39 is 0 Å². The molecule has 1 N–H and O–H groups in total. The third kappa shape index (κ3) is 32.4. The SMILES string of the molecule is CC/C=C\C/C=C\C/C=C\CCCCCCCC(=O)N(CCN(C)C)C(C(=O)NCCCCCCCCCCCCCCCCCC)C(CC)CCCC. The molecule has 0 bridgehead atoms. The van der Waals surface area contributed by atoms with E-state index >= 15 is 0 Å². The van der Waals surface area contributed by atoms with E-state index in [0.29, 0.717) is 13.0 Å². The molecule has 0 spiro atoms. The van der Waals surface area contributed by atoms with Gasteiger partial charge in [-0.3, -0.25) is 9.59 Å². The molecule has 2 unspecified atom stereocenters. The summed E-state index contributed by atoms with van der Waals surface area (Å²) >= 11 is 0. The van der Waals surface area contributed by atoms with E-state index in [2.05, 4.69) is 88.5 Å². The average molecular weight is 756 g/mol. The van der Waals surface area contributed by atoms with E-state index in [1.165, 1.54) is 116 Å². The molecule has 0 aliphatic heterocycles. The number of rotatable bonds is 40. The fourth-order valence-corrected chi connectivity index (χ4v) is 7.42. The number of carbonyl (C=O) groups excluding carboxylic acids is 2. The van der Waals surface area contributed by atoms with Crippen molar-refractivity contribution in [2.45, 2.75) is 226 Å². The lowest BCUT2D eigenvalue weighted by Crippen LogP contribution is -2.55. The quantitative estimate of drug-likeness (QED) is 0.0500. The Labute approximate surface area is 338 Å². The van der Waals surface area contributed by atoms with E-state index in [0.717, 1.165) is 83.7 Å². The summed E-state index contributed by atoms with van der Waals surface area (Å²) in [5, 5.41) is 3.31.